The van der Waals surface area contributed by atoms with Crippen molar-refractivity contribution in [3.8, 4) is 0 Å². The third-order valence-electron chi connectivity index (χ3n) is 7.10. The van der Waals surface area contributed by atoms with E-state index in [2.05, 4.69) is 20.9 Å². The summed E-state index contributed by atoms with van der Waals surface area (Å²) < 4.78 is 6.69. The summed E-state index contributed by atoms with van der Waals surface area (Å²) in [6.45, 7) is 5.02. The zero-order chi connectivity index (χ0) is 20.5. The quantitative estimate of drug-likeness (QED) is 0.791. The molecule has 2 aliphatic heterocycles. The minimum absolute atomic E-state index is 0.226. The summed E-state index contributed by atoms with van der Waals surface area (Å²) in [5.41, 5.74) is 1.06. The summed E-state index contributed by atoms with van der Waals surface area (Å²) in [6, 6.07) is 8.44. The Morgan fingerprint density at radius 2 is 1.93 bits per heavy atom. The number of aliphatic hydroxyl groups excluding tert-OH is 1. The summed E-state index contributed by atoms with van der Waals surface area (Å²) in [5.74, 6) is 1.24. The summed E-state index contributed by atoms with van der Waals surface area (Å²) in [6.07, 6.45) is 3.85. The molecule has 1 saturated carbocycles. The molecule has 0 spiro atoms. The lowest BCUT2D eigenvalue weighted by molar-refractivity contribution is -0.130. The molecule has 0 bridgehead atoms. The molecule has 0 radical (unpaired) electrons. The molecule has 1 N–H and O–H groups in total. The number of para-hydroxylation sites is 1. The molecule has 1 aliphatic carbocycles. The van der Waals surface area contributed by atoms with Crippen LogP contribution in [0, 0.1) is 11.8 Å². The zero-order valence-electron chi connectivity index (χ0n) is 17.4. The number of morpholine rings is 1. The Bertz CT molecular complexity index is 848. The highest BCUT2D eigenvalue weighted by Crippen LogP contribution is 2.38. The summed E-state index contributed by atoms with van der Waals surface area (Å²) in [4.78, 5) is 22.0. The second-order valence-electron chi connectivity index (χ2n) is 9.00. The predicted molar refractivity (Wildman–Crippen MR) is 118 cm³/mol. The smallest absolute Gasteiger partial charge is 0.222 e. The summed E-state index contributed by atoms with van der Waals surface area (Å²) in [7, 11) is 0. The van der Waals surface area contributed by atoms with Crippen molar-refractivity contribution >= 4 is 27.5 Å². The third-order valence-corrected chi connectivity index (χ3v) is 8.19. The molecule has 4 atom stereocenters. The van der Waals surface area contributed by atoms with Crippen molar-refractivity contribution in [3.63, 3.8) is 0 Å². The molecule has 1 aromatic carbocycles. The van der Waals surface area contributed by atoms with Crippen molar-refractivity contribution in [2.24, 2.45) is 11.8 Å². The van der Waals surface area contributed by atoms with Crippen LogP contribution in [0.5, 0.6) is 0 Å². The van der Waals surface area contributed by atoms with E-state index in [0.717, 1.165) is 75.6 Å². The van der Waals surface area contributed by atoms with Gasteiger partial charge in [0.25, 0.3) is 0 Å². The van der Waals surface area contributed by atoms with E-state index >= 15 is 0 Å². The number of hydrogen-bond acceptors (Lipinski definition) is 6. The number of hydrogen-bond donors (Lipinski definition) is 1. The normalized spacial score (nSPS) is 30.0. The Hall–Kier alpha value is -1.54. The maximum atomic E-state index is 12.8. The van der Waals surface area contributed by atoms with Crippen LogP contribution in [0.3, 0.4) is 0 Å². The van der Waals surface area contributed by atoms with Gasteiger partial charge in [0.2, 0.25) is 5.91 Å². The molecule has 0 unspecified atom stereocenters. The van der Waals surface area contributed by atoms with Crippen molar-refractivity contribution in [1.82, 2.24) is 14.8 Å². The highest BCUT2D eigenvalue weighted by atomic mass is 32.1. The van der Waals surface area contributed by atoms with Crippen LogP contribution >= 0.6 is 11.3 Å². The molecule has 1 aromatic heterocycles. The van der Waals surface area contributed by atoms with Gasteiger partial charge in [-0.25, -0.2) is 4.98 Å². The largest absolute Gasteiger partial charge is 0.391 e. The van der Waals surface area contributed by atoms with Gasteiger partial charge in [0.1, 0.15) is 0 Å². The number of carbonyl (C=O) groups excluding carboxylic acids is 1. The van der Waals surface area contributed by atoms with E-state index < -0.39 is 0 Å². The number of aryl methyl sites for hydroxylation is 1. The van der Waals surface area contributed by atoms with Crippen LogP contribution in [0.15, 0.2) is 24.3 Å². The number of rotatable bonds is 5. The molecular formula is C23H31N3O3S. The van der Waals surface area contributed by atoms with E-state index in [1.54, 1.807) is 11.3 Å². The van der Waals surface area contributed by atoms with Gasteiger partial charge in [0, 0.05) is 38.6 Å². The number of amides is 1. The maximum absolute atomic E-state index is 12.8. The molecule has 5 rings (SSSR count). The van der Waals surface area contributed by atoms with Crippen LogP contribution in [-0.2, 0) is 16.0 Å². The number of carbonyl (C=O) groups is 1. The fraction of sp³-hybridized carbons (Fsp3) is 0.652. The Balaban J connectivity index is 1.12. The second-order valence-corrected chi connectivity index (χ2v) is 10.1. The lowest BCUT2D eigenvalue weighted by Crippen LogP contribution is -2.53. The maximum Gasteiger partial charge on any atom is 0.222 e. The zero-order valence-corrected chi connectivity index (χ0v) is 18.2. The molecule has 7 heteroatoms. The number of likely N-dealkylation sites (tertiary alicyclic amines) is 1. The lowest BCUT2D eigenvalue weighted by Gasteiger charge is -2.43. The summed E-state index contributed by atoms with van der Waals surface area (Å²) >= 11 is 1.73. The van der Waals surface area contributed by atoms with Gasteiger partial charge in [-0.3, -0.25) is 9.69 Å². The van der Waals surface area contributed by atoms with Crippen LogP contribution in [-0.4, -0.2) is 77.3 Å². The number of ether oxygens (including phenoxy) is 1. The Morgan fingerprint density at radius 1 is 1.17 bits per heavy atom. The van der Waals surface area contributed by atoms with E-state index in [9.17, 15) is 9.90 Å². The van der Waals surface area contributed by atoms with Gasteiger partial charge in [-0.15, -0.1) is 11.3 Å². The first-order valence-electron chi connectivity index (χ1n) is 11.3. The fourth-order valence-electron chi connectivity index (χ4n) is 5.49. The Labute approximate surface area is 181 Å². The lowest BCUT2D eigenvalue weighted by atomic mass is 9.77. The third kappa shape index (κ3) is 4.26. The average Bonchev–Trinajstić information content (AvgIpc) is 3.37. The highest BCUT2D eigenvalue weighted by molar-refractivity contribution is 7.18. The fourth-order valence-corrected chi connectivity index (χ4v) is 6.50. The highest BCUT2D eigenvalue weighted by Gasteiger charge is 2.44. The van der Waals surface area contributed by atoms with Crippen molar-refractivity contribution in [2.45, 2.75) is 44.2 Å². The van der Waals surface area contributed by atoms with E-state index in [1.807, 2.05) is 18.2 Å². The number of aliphatic hydroxyl groups is 1. The van der Waals surface area contributed by atoms with Gasteiger partial charge in [0.05, 0.1) is 34.5 Å². The number of aromatic nitrogens is 1. The number of fused-ring (bicyclic) bond motifs is 2. The molecule has 2 aromatic rings. The topological polar surface area (TPSA) is 65.9 Å². The minimum Gasteiger partial charge on any atom is -0.391 e. The molecule has 6 nitrogen and oxygen atoms in total. The second kappa shape index (κ2) is 8.91. The molecule has 30 heavy (non-hydrogen) atoms. The molecule has 3 heterocycles. The van der Waals surface area contributed by atoms with Crippen LogP contribution < -0.4 is 0 Å². The van der Waals surface area contributed by atoms with E-state index in [4.69, 9.17) is 4.74 Å². The van der Waals surface area contributed by atoms with Gasteiger partial charge in [-0.2, -0.15) is 0 Å². The first-order chi connectivity index (χ1) is 14.7. The van der Waals surface area contributed by atoms with Crippen LogP contribution in [0.25, 0.3) is 10.2 Å². The number of benzene rings is 1. The van der Waals surface area contributed by atoms with E-state index in [1.165, 1.54) is 4.70 Å². The van der Waals surface area contributed by atoms with Gasteiger partial charge < -0.3 is 14.7 Å². The van der Waals surface area contributed by atoms with Gasteiger partial charge in [-0.05, 0) is 49.7 Å². The molecule has 162 valence electrons. The van der Waals surface area contributed by atoms with E-state index in [0.29, 0.717) is 18.3 Å². The van der Waals surface area contributed by atoms with Gasteiger partial charge in [0.15, 0.2) is 0 Å². The first-order valence-corrected chi connectivity index (χ1v) is 12.1. The van der Waals surface area contributed by atoms with E-state index in [-0.39, 0.29) is 18.1 Å². The van der Waals surface area contributed by atoms with Crippen molar-refractivity contribution in [2.75, 3.05) is 39.4 Å². The first kappa shape index (κ1) is 20.4. The Kier molecular flexibility index (Phi) is 6.05. The molecular weight excluding hydrogens is 398 g/mol. The van der Waals surface area contributed by atoms with Gasteiger partial charge in [-0.1, -0.05) is 12.1 Å². The predicted octanol–water partition coefficient (Wildman–Crippen LogP) is 2.55. The van der Waals surface area contributed by atoms with Crippen LogP contribution in [0.2, 0.25) is 0 Å². The minimum atomic E-state index is -0.279. The van der Waals surface area contributed by atoms with Crippen molar-refractivity contribution in [1.29, 1.82) is 0 Å². The molecule has 3 aliphatic rings. The van der Waals surface area contributed by atoms with Crippen LogP contribution in [0.4, 0.5) is 0 Å². The van der Waals surface area contributed by atoms with Crippen molar-refractivity contribution < 1.29 is 14.6 Å². The molecule has 2 saturated heterocycles. The summed E-state index contributed by atoms with van der Waals surface area (Å²) in [5, 5.41) is 11.8. The Morgan fingerprint density at radius 3 is 2.73 bits per heavy atom. The molecule has 1 amide bonds. The molecule has 3 fully saturated rings. The van der Waals surface area contributed by atoms with Gasteiger partial charge >= 0.3 is 0 Å². The van der Waals surface area contributed by atoms with Crippen LogP contribution in [0.1, 0.15) is 30.7 Å². The number of nitrogens with zero attached hydrogens (tertiary/aromatic N) is 3. The SMILES string of the molecule is O=C(CCCc1nc2ccccc2s1)N1C[C@H]2C[C@@H](N3CCOCC3)[C@H](O)C[C@H]2C1. The average molecular weight is 430 g/mol. The monoisotopic (exact) mass is 429 g/mol. The number of thiazole rings is 1. The van der Waals surface area contributed by atoms with Crippen molar-refractivity contribution in [3.05, 3.63) is 29.3 Å². The standard InChI is InChI=1S/C23H31N3O3S/c27-20-13-17-15-26(14-16(17)12-19(20)25-8-10-29-11-9-25)23(28)7-3-6-22-24-18-4-1-2-5-21(18)30-22/h1-2,4-5,16-17,19-20,27H,3,6-15H2/t16-,17+,19-,20-/m1/s1.